The van der Waals surface area contributed by atoms with Crippen molar-refractivity contribution in [1.82, 2.24) is 5.32 Å². The highest BCUT2D eigenvalue weighted by Crippen LogP contribution is 2.19. The van der Waals surface area contributed by atoms with Gasteiger partial charge < -0.3 is 21.5 Å². The van der Waals surface area contributed by atoms with Crippen LogP contribution in [0, 0.1) is 5.41 Å². The maximum absolute atomic E-state index is 12.6. The summed E-state index contributed by atoms with van der Waals surface area (Å²) in [5, 5.41) is 9.68. The molecule has 0 aliphatic heterocycles. The topological polar surface area (TPSA) is 131 Å². The third-order valence-corrected chi connectivity index (χ3v) is 3.14. The number of benzene rings is 1. The van der Waals surface area contributed by atoms with E-state index in [0.29, 0.717) is 18.5 Å². The number of nitrogens with two attached hydrogens (primary N) is 2. The number of carbonyl (C=O) groups excluding carboxylic acids is 2. The summed E-state index contributed by atoms with van der Waals surface area (Å²) in [6, 6.07) is 8.40. The van der Waals surface area contributed by atoms with Crippen LogP contribution in [0.3, 0.4) is 0 Å². The summed E-state index contributed by atoms with van der Waals surface area (Å²) in [4.78, 5) is 24.8. The lowest BCUT2D eigenvalue weighted by molar-refractivity contribution is -0.147. The van der Waals surface area contributed by atoms with E-state index >= 15 is 0 Å². The minimum absolute atomic E-state index is 0. The molecule has 1 rings (SSSR count). The van der Waals surface area contributed by atoms with Crippen molar-refractivity contribution in [2.24, 2.45) is 11.5 Å². The number of hydrogen-bond donors (Lipinski definition) is 4. The molecule has 0 saturated carbocycles. The fourth-order valence-electron chi connectivity index (χ4n) is 2.01. The Morgan fingerprint density at radius 2 is 1.91 bits per heavy atom. The fourth-order valence-corrected chi connectivity index (χ4v) is 2.01. The van der Waals surface area contributed by atoms with Crippen molar-refractivity contribution in [3.63, 3.8) is 0 Å². The third-order valence-electron chi connectivity index (χ3n) is 3.14. The van der Waals surface area contributed by atoms with Gasteiger partial charge in [-0.1, -0.05) is 30.3 Å². The molecule has 7 nitrogen and oxygen atoms in total. The van der Waals surface area contributed by atoms with E-state index < -0.39 is 17.3 Å². The second-order valence-corrected chi connectivity index (χ2v) is 4.83. The molecule has 0 saturated heterocycles. The molecule has 1 aromatic rings. The zero-order valence-electron chi connectivity index (χ0n) is 13.0. The SMILES string of the molecule is CCOC(=O)[C@@](N)(CCCNC(=N)N)C(=O)c1ccccc1.Cl. The average molecular weight is 343 g/mol. The molecule has 1 aromatic carbocycles. The van der Waals surface area contributed by atoms with Gasteiger partial charge in [-0.3, -0.25) is 10.2 Å². The van der Waals surface area contributed by atoms with E-state index in [-0.39, 0.29) is 31.4 Å². The number of nitrogens with one attached hydrogen (secondary N) is 2. The van der Waals surface area contributed by atoms with E-state index in [9.17, 15) is 9.59 Å². The van der Waals surface area contributed by atoms with Crippen LogP contribution in [-0.4, -0.2) is 36.4 Å². The van der Waals surface area contributed by atoms with E-state index in [1.165, 1.54) is 0 Å². The molecule has 0 aliphatic carbocycles. The molecule has 0 bridgehead atoms. The first kappa shape index (κ1) is 20.9. The zero-order chi connectivity index (χ0) is 16.6. The molecule has 0 fully saturated rings. The van der Waals surface area contributed by atoms with Crippen LogP contribution in [-0.2, 0) is 9.53 Å². The van der Waals surface area contributed by atoms with Gasteiger partial charge in [0.25, 0.3) is 0 Å². The Hall–Kier alpha value is -2.12. The molecule has 0 radical (unpaired) electrons. The highest BCUT2D eigenvalue weighted by atomic mass is 35.5. The monoisotopic (exact) mass is 342 g/mol. The molecule has 0 aliphatic rings. The highest BCUT2D eigenvalue weighted by Gasteiger charge is 2.43. The van der Waals surface area contributed by atoms with Gasteiger partial charge in [0.1, 0.15) is 0 Å². The summed E-state index contributed by atoms with van der Waals surface area (Å²) >= 11 is 0. The Bertz CT molecular complexity index is 539. The minimum Gasteiger partial charge on any atom is -0.464 e. The molecular weight excluding hydrogens is 320 g/mol. The van der Waals surface area contributed by atoms with Crippen molar-refractivity contribution in [2.45, 2.75) is 25.3 Å². The summed E-state index contributed by atoms with van der Waals surface area (Å²) in [6.07, 6.45) is 0.493. The standard InChI is InChI=1S/C15H22N4O3.ClH/c1-2-22-13(21)15(18,9-6-10-19-14(16)17)12(20)11-7-4-3-5-8-11;/h3-5,7-8H,2,6,9-10,18H2,1H3,(H4,16,17,19);1H/t15-;/m1./s1. The lowest BCUT2D eigenvalue weighted by Crippen LogP contribution is -2.56. The predicted octanol–water partition coefficient (Wildman–Crippen LogP) is 0.815. The Labute approximate surface area is 141 Å². The number of Topliss-reactive ketones (excluding diaryl/α,β-unsaturated/α-hetero) is 1. The zero-order valence-corrected chi connectivity index (χ0v) is 13.8. The summed E-state index contributed by atoms with van der Waals surface area (Å²) in [6.45, 7) is 2.14. The number of halogens is 1. The second kappa shape index (κ2) is 9.81. The first-order valence-corrected chi connectivity index (χ1v) is 7.05. The second-order valence-electron chi connectivity index (χ2n) is 4.83. The van der Waals surface area contributed by atoms with Crippen LogP contribution in [0.15, 0.2) is 30.3 Å². The molecule has 0 heterocycles. The molecule has 8 heteroatoms. The van der Waals surface area contributed by atoms with Crippen LogP contribution in [0.25, 0.3) is 0 Å². The van der Waals surface area contributed by atoms with Gasteiger partial charge >= 0.3 is 5.97 Å². The smallest absolute Gasteiger partial charge is 0.334 e. The molecule has 128 valence electrons. The maximum atomic E-state index is 12.6. The third kappa shape index (κ3) is 5.88. The number of hydrogen-bond acceptors (Lipinski definition) is 5. The van der Waals surface area contributed by atoms with E-state index in [2.05, 4.69) is 5.32 Å². The Balaban J connectivity index is 0.00000484. The van der Waals surface area contributed by atoms with E-state index in [1.54, 1.807) is 37.3 Å². The van der Waals surface area contributed by atoms with Crippen LogP contribution in [0.2, 0.25) is 0 Å². The maximum Gasteiger partial charge on any atom is 0.334 e. The molecular formula is C15H23ClN4O3. The molecule has 23 heavy (non-hydrogen) atoms. The first-order chi connectivity index (χ1) is 10.4. The van der Waals surface area contributed by atoms with Gasteiger partial charge in [-0.25, -0.2) is 4.79 Å². The minimum atomic E-state index is -1.74. The summed E-state index contributed by atoms with van der Waals surface area (Å²) < 4.78 is 4.96. The predicted molar refractivity (Wildman–Crippen MR) is 90.7 cm³/mol. The number of guanidine groups is 1. The van der Waals surface area contributed by atoms with Crippen LogP contribution in [0.4, 0.5) is 0 Å². The molecule has 0 amide bonds. The van der Waals surface area contributed by atoms with E-state index in [0.717, 1.165) is 0 Å². The average Bonchev–Trinajstić information content (AvgIpc) is 2.51. The Morgan fingerprint density at radius 1 is 1.30 bits per heavy atom. The molecule has 0 spiro atoms. The van der Waals surface area contributed by atoms with Crippen LogP contribution in [0.5, 0.6) is 0 Å². The molecule has 0 aromatic heterocycles. The fraction of sp³-hybridized carbons (Fsp3) is 0.400. The van der Waals surface area contributed by atoms with Gasteiger partial charge in [0, 0.05) is 12.1 Å². The quantitative estimate of drug-likeness (QED) is 0.138. The Kier molecular flexibility index (Phi) is 8.90. The Morgan fingerprint density at radius 3 is 2.43 bits per heavy atom. The van der Waals surface area contributed by atoms with E-state index in [4.69, 9.17) is 21.6 Å². The summed E-state index contributed by atoms with van der Waals surface area (Å²) in [7, 11) is 0. The van der Waals surface area contributed by atoms with Gasteiger partial charge in [-0.15, -0.1) is 12.4 Å². The largest absolute Gasteiger partial charge is 0.464 e. The number of ketones is 1. The molecule has 1 atom stereocenters. The van der Waals surface area contributed by atoms with Gasteiger partial charge in [0.05, 0.1) is 6.61 Å². The highest BCUT2D eigenvalue weighted by molar-refractivity contribution is 6.16. The lowest BCUT2D eigenvalue weighted by Gasteiger charge is -2.25. The summed E-state index contributed by atoms with van der Waals surface area (Å²) in [5.74, 6) is -1.39. The van der Waals surface area contributed by atoms with Gasteiger partial charge in [-0.05, 0) is 19.8 Å². The van der Waals surface area contributed by atoms with Crippen molar-refractivity contribution >= 4 is 30.1 Å². The van der Waals surface area contributed by atoms with Crippen molar-refractivity contribution in [1.29, 1.82) is 5.41 Å². The molecule has 6 N–H and O–H groups in total. The van der Waals surface area contributed by atoms with Crippen LogP contribution in [0.1, 0.15) is 30.1 Å². The van der Waals surface area contributed by atoms with Gasteiger partial charge in [0.15, 0.2) is 17.3 Å². The van der Waals surface area contributed by atoms with E-state index in [1.807, 2.05) is 0 Å². The summed E-state index contributed by atoms with van der Waals surface area (Å²) in [5.41, 5.74) is 9.88. The van der Waals surface area contributed by atoms with Crippen molar-refractivity contribution in [3.05, 3.63) is 35.9 Å². The van der Waals surface area contributed by atoms with Crippen LogP contribution < -0.4 is 16.8 Å². The number of ether oxygens (including phenoxy) is 1. The normalized spacial score (nSPS) is 12.4. The van der Waals surface area contributed by atoms with Crippen molar-refractivity contribution in [3.8, 4) is 0 Å². The number of esters is 1. The van der Waals surface area contributed by atoms with Crippen molar-refractivity contribution < 1.29 is 14.3 Å². The lowest BCUT2D eigenvalue weighted by atomic mass is 9.86. The number of rotatable bonds is 8. The van der Waals surface area contributed by atoms with Crippen molar-refractivity contribution in [2.75, 3.05) is 13.2 Å². The number of carbonyl (C=O) groups is 2. The van der Waals surface area contributed by atoms with Gasteiger partial charge in [-0.2, -0.15) is 0 Å². The first-order valence-electron chi connectivity index (χ1n) is 7.05. The molecule has 0 unspecified atom stereocenters. The van der Waals surface area contributed by atoms with Crippen LogP contribution >= 0.6 is 12.4 Å². The van der Waals surface area contributed by atoms with Gasteiger partial charge in [0.2, 0.25) is 0 Å².